The lowest BCUT2D eigenvalue weighted by atomic mass is 9.88. The highest BCUT2D eigenvalue weighted by atomic mass is 16.5. The number of benzene rings is 1. The summed E-state index contributed by atoms with van der Waals surface area (Å²) in [6, 6.07) is 6.48. The Morgan fingerprint density at radius 2 is 1.14 bits per heavy atom. The molecule has 0 saturated heterocycles. The first-order chi connectivity index (χ1) is 13.6. The number of hydrogen-bond acceptors (Lipinski definition) is 6. The van der Waals surface area contributed by atoms with E-state index in [1.54, 1.807) is 18.2 Å². The van der Waals surface area contributed by atoms with Gasteiger partial charge in [0.25, 0.3) is 0 Å². The third-order valence-corrected chi connectivity index (χ3v) is 5.99. The molecule has 0 atom stereocenters. The molecule has 0 aromatic heterocycles. The van der Waals surface area contributed by atoms with E-state index >= 15 is 0 Å². The number of carbonyl (C=O) groups is 2. The highest BCUT2D eigenvalue weighted by Gasteiger charge is 2.26. The van der Waals surface area contributed by atoms with E-state index in [1.807, 2.05) is 0 Å². The molecular weight excluding hydrogens is 360 g/mol. The molecule has 6 nitrogen and oxygen atoms in total. The van der Waals surface area contributed by atoms with E-state index in [2.05, 4.69) is 0 Å². The summed E-state index contributed by atoms with van der Waals surface area (Å²) in [6.45, 7) is 0.374. The molecular formula is C22H30O6. The zero-order chi connectivity index (χ0) is 19.9. The Hall–Kier alpha value is -1.92. The Bertz CT molecular complexity index is 603. The molecule has 2 saturated carbocycles. The minimum absolute atomic E-state index is 0.132. The summed E-state index contributed by atoms with van der Waals surface area (Å²) in [6.07, 6.45) is 6.21. The predicted octanol–water partition coefficient (Wildman–Crippen LogP) is 3.10. The largest absolute Gasteiger partial charge is 0.459 e. The van der Waals surface area contributed by atoms with Crippen LogP contribution in [-0.4, -0.2) is 47.6 Å². The van der Waals surface area contributed by atoms with Crippen LogP contribution < -0.4 is 0 Å². The lowest BCUT2D eigenvalue weighted by molar-refractivity contribution is 0.0133. The van der Waals surface area contributed by atoms with Crippen LogP contribution in [0.2, 0.25) is 0 Å². The summed E-state index contributed by atoms with van der Waals surface area (Å²) < 4.78 is 11.2. The van der Waals surface area contributed by atoms with Crippen LogP contribution in [0.4, 0.5) is 0 Å². The second-order valence-electron chi connectivity index (χ2n) is 8.04. The Morgan fingerprint density at radius 1 is 0.750 bits per heavy atom. The van der Waals surface area contributed by atoms with Gasteiger partial charge in [-0.2, -0.15) is 0 Å². The Labute approximate surface area is 165 Å². The van der Waals surface area contributed by atoms with Crippen LogP contribution in [0.1, 0.15) is 72.1 Å². The standard InChI is InChI=1S/C22H30O6/c23-13-15-4-8-19(9-5-15)27-21(25)17-2-1-3-18(12-17)22(26)28-20-10-6-16(14-24)7-11-20/h1-3,12,15-16,19-20,23-24H,4-11,13-14H2. The summed E-state index contributed by atoms with van der Waals surface area (Å²) in [4.78, 5) is 24.9. The number of aliphatic hydroxyl groups excluding tert-OH is 2. The molecule has 0 radical (unpaired) electrons. The van der Waals surface area contributed by atoms with Crippen LogP contribution in [0.15, 0.2) is 24.3 Å². The van der Waals surface area contributed by atoms with Crippen molar-refractivity contribution in [2.75, 3.05) is 13.2 Å². The minimum Gasteiger partial charge on any atom is -0.459 e. The lowest BCUT2D eigenvalue weighted by Crippen LogP contribution is -2.26. The average molecular weight is 390 g/mol. The van der Waals surface area contributed by atoms with Gasteiger partial charge in [0.2, 0.25) is 0 Å². The molecule has 0 bridgehead atoms. The fraction of sp³-hybridized carbons (Fsp3) is 0.636. The van der Waals surface area contributed by atoms with Gasteiger partial charge in [0.05, 0.1) is 11.1 Å². The Kier molecular flexibility index (Phi) is 7.45. The van der Waals surface area contributed by atoms with Gasteiger partial charge in [-0.25, -0.2) is 9.59 Å². The van der Waals surface area contributed by atoms with Crippen molar-refractivity contribution in [3.05, 3.63) is 35.4 Å². The molecule has 2 fully saturated rings. The summed E-state index contributed by atoms with van der Waals surface area (Å²) in [5, 5.41) is 18.4. The molecule has 1 aromatic rings. The number of aliphatic hydroxyl groups is 2. The van der Waals surface area contributed by atoms with E-state index in [-0.39, 0.29) is 25.4 Å². The number of hydrogen-bond donors (Lipinski definition) is 2. The van der Waals surface area contributed by atoms with Crippen molar-refractivity contribution in [1.29, 1.82) is 0 Å². The molecule has 6 heteroatoms. The van der Waals surface area contributed by atoms with Crippen LogP contribution >= 0.6 is 0 Å². The van der Waals surface area contributed by atoms with Crippen molar-refractivity contribution in [1.82, 2.24) is 0 Å². The van der Waals surface area contributed by atoms with Gasteiger partial charge in [-0.1, -0.05) is 6.07 Å². The highest BCUT2D eigenvalue weighted by molar-refractivity contribution is 5.95. The van der Waals surface area contributed by atoms with Gasteiger partial charge in [-0.05, 0) is 81.4 Å². The molecule has 28 heavy (non-hydrogen) atoms. The van der Waals surface area contributed by atoms with E-state index < -0.39 is 11.9 Å². The van der Waals surface area contributed by atoms with Gasteiger partial charge in [0, 0.05) is 13.2 Å². The van der Waals surface area contributed by atoms with E-state index in [4.69, 9.17) is 9.47 Å². The van der Waals surface area contributed by atoms with Gasteiger partial charge in [0.1, 0.15) is 12.2 Å². The first-order valence-corrected chi connectivity index (χ1v) is 10.3. The summed E-state index contributed by atoms with van der Waals surface area (Å²) >= 11 is 0. The van der Waals surface area contributed by atoms with Crippen molar-refractivity contribution in [3.63, 3.8) is 0 Å². The fourth-order valence-electron chi connectivity index (χ4n) is 4.08. The van der Waals surface area contributed by atoms with Gasteiger partial charge in [-0.3, -0.25) is 0 Å². The quantitative estimate of drug-likeness (QED) is 0.725. The zero-order valence-electron chi connectivity index (χ0n) is 16.2. The third-order valence-electron chi connectivity index (χ3n) is 5.99. The summed E-state index contributed by atoms with van der Waals surface area (Å²) in [5.41, 5.74) is 0.699. The zero-order valence-corrected chi connectivity index (χ0v) is 16.2. The first-order valence-electron chi connectivity index (χ1n) is 10.3. The van der Waals surface area contributed by atoms with E-state index in [1.165, 1.54) is 6.07 Å². The van der Waals surface area contributed by atoms with Crippen molar-refractivity contribution in [2.45, 2.75) is 63.6 Å². The van der Waals surface area contributed by atoms with E-state index in [0.717, 1.165) is 51.4 Å². The third kappa shape index (κ3) is 5.55. The maximum absolute atomic E-state index is 12.5. The molecule has 2 N–H and O–H groups in total. The normalized spacial score (nSPS) is 27.8. The molecule has 0 unspecified atom stereocenters. The number of ether oxygens (including phenoxy) is 2. The number of esters is 2. The second kappa shape index (κ2) is 10.0. The van der Waals surface area contributed by atoms with Crippen LogP contribution in [0.3, 0.4) is 0 Å². The Morgan fingerprint density at radius 3 is 1.50 bits per heavy atom. The maximum atomic E-state index is 12.5. The van der Waals surface area contributed by atoms with Gasteiger partial charge < -0.3 is 19.7 Å². The second-order valence-corrected chi connectivity index (χ2v) is 8.04. The average Bonchev–Trinajstić information content (AvgIpc) is 2.75. The maximum Gasteiger partial charge on any atom is 0.338 e. The molecule has 0 aliphatic heterocycles. The predicted molar refractivity (Wildman–Crippen MR) is 103 cm³/mol. The van der Waals surface area contributed by atoms with Gasteiger partial charge >= 0.3 is 11.9 Å². The van der Waals surface area contributed by atoms with Crippen LogP contribution in [0.5, 0.6) is 0 Å². The van der Waals surface area contributed by atoms with Crippen LogP contribution in [0, 0.1) is 11.8 Å². The fourth-order valence-corrected chi connectivity index (χ4v) is 4.08. The molecule has 2 aliphatic rings. The molecule has 0 amide bonds. The van der Waals surface area contributed by atoms with Gasteiger partial charge in [0.15, 0.2) is 0 Å². The van der Waals surface area contributed by atoms with Crippen LogP contribution in [0.25, 0.3) is 0 Å². The molecule has 154 valence electrons. The Balaban J connectivity index is 1.53. The van der Waals surface area contributed by atoms with Crippen molar-refractivity contribution in [2.24, 2.45) is 11.8 Å². The molecule has 2 aliphatic carbocycles. The van der Waals surface area contributed by atoms with Crippen molar-refractivity contribution >= 4 is 11.9 Å². The molecule has 0 heterocycles. The topological polar surface area (TPSA) is 93.1 Å². The smallest absolute Gasteiger partial charge is 0.338 e. The molecule has 1 aromatic carbocycles. The monoisotopic (exact) mass is 390 g/mol. The van der Waals surface area contributed by atoms with Crippen molar-refractivity contribution < 1.29 is 29.3 Å². The van der Waals surface area contributed by atoms with Gasteiger partial charge in [-0.15, -0.1) is 0 Å². The summed E-state index contributed by atoms with van der Waals surface area (Å²) in [7, 11) is 0. The molecule has 0 spiro atoms. The number of rotatable bonds is 6. The molecule has 3 rings (SSSR count). The van der Waals surface area contributed by atoms with Crippen molar-refractivity contribution in [3.8, 4) is 0 Å². The van der Waals surface area contributed by atoms with E-state index in [0.29, 0.717) is 23.0 Å². The van der Waals surface area contributed by atoms with E-state index in [9.17, 15) is 19.8 Å². The first kappa shape index (κ1) is 20.8. The number of carbonyl (C=O) groups excluding carboxylic acids is 2. The highest BCUT2D eigenvalue weighted by Crippen LogP contribution is 2.28. The minimum atomic E-state index is -0.425. The van der Waals surface area contributed by atoms with Crippen LogP contribution in [-0.2, 0) is 9.47 Å². The summed E-state index contributed by atoms with van der Waals surface area (Å²) in [5.74, 6) is -0.239. The SMILES string of the molecule is O=C(OC1CCC(CO)CC1)c1cccc(C(=O)OC2CCC(CO)CC2)c1. The lowest BCUT2D eigenvalue weighted by Gasteiger charge is -2.27.